The van der Waals surface area contributed by atoms with E-state index >= 15 is 0 Å². The first kappa shape index (κ1) is 12.3. The number of hydrogen-bond acceptors (Lipinski definition) is 2. The van der Waals surface area contributed by atoms with E-state index in [1.165, 1.54) is 32.4 Å². The largest absolute Gasteiger partial charge is 0.338 e. The van der Waals surface area contributed by atoms with Crippen LogP contribution in [0.5, 0.6) is 0 Å². The van der Waals surface area contributed by atoms with Crippen LogP contribution in [0.4, 0.5) is 4.79 Å². The van der Waals surface area contributed by atoms with Crippen molar-refractivity contribution in [2.24, 2.45) is 0 Å². The number of likely N-dealkylation sites (tertiary alicyclic amines) is 1. The van der Waals surface area contributed by atoms with Crippen LogP contribution in [0.3, 0.4) is 0 Å². The summed E-state index contributed by atoms with van der Waals surface area (Å²) in [5.41, 5.74) is 0. The molecule has 2 N–H and O–H groups in total. The predicted octanol–water partition coefficient (Wildman–Crippen LogP) is 1.18. The SMILES string of the molecule is CCCNC(=O)NCCN1CCCCC1. The summed E-state index contributed by atoms with van der Waals surface area (Å²) in [4.78, 5) is 13.6. The molecule has 1 rings (SSSR count). The van der Waals surface area contributed by atoms with Crippen LogP contribution >= 0.6 is 0 Å². The zero-order valence-corrected chi connectivity index (χ0v) is 9.72. The van der Waals surface area contributed by atoms with Gasteiger partial charge in [0.2, 0.25) is 0 Å². The number of nitrogens with zero attached hydrogens (tertiary/aromatic N) is 1. The Labute approximate surface area is 92.4 Å². The summed E-state index contributed by atoms with van der Waals surface area (Å²) in [7, 11) is 0. The Hall–Kier alpha value is -0.770. The van der Waals surface area contributed by atoms with E-state index in [1.807, 2.05) is 6.92 Å². The summed E-state index contributed by atoms with van der Waals surface area (Å²) in [5, 5.41) is 5.67. The zero-order chi connectivity index (χ0) is 10.9. The number of piperidine rings is 1. The molecule has 4 nitrogen and oxygen atoms in total. The van der Waals surface area contributed by atoms with Gasteiger partial charge in [-0.1, -0.05) is 13.3 Å². The van der Waals surface area contributed by atoms with Crippen LogP contribution < -0.4 is 10.6 Å². The number of rotatable bonds is 5. The highest BCUT2D eigenvalue weighted by Crippen LogP contribution is 2.07. The van der Waals surface area contributed by atoms with E-state index in [0.29, 0.717) is 0 Å². The van der Waals surface area contributed by atoms with Crippen molar-refractivity contribution in [2.75, 3.05) is 32.7 Å². The molecule has 0 spiro atoms. The van der Waals surface area contributed by atoms with E-state index in [-0.39, 0.29) is 6.03 Å². The van der Waals surface area contributed by atoms with E-state index in [2.05, 4.69) is 15.5 Å². The Morgan fingerprint density at radius 2 is 1.80 bits per heavy atom. The van der Waals surface area contributed by atoms with Crippen LogP contribution in [0.1, 0.15) is 32.6 Å². The molecule has 88 valence electrons. The van der Waals surface area contributed by atoms with Crippen LogP contribution in [0.25, 0.3) is 0 Å². The minimum absolute atomic E-state index is 0.0335. The average Bonchev–Trinajstić information content (AvgIpc) is 2.28. The number of amides is 2. The number of carbonyl (C=O) groups excluding carboxylic acids is 1. The Kier molecular flexibility index (Phi) is 6.16. The molecule has 0 aliphatic carbocycles. The second-order valence-corrected chi connectivity index (χ2v) is 4.08. The monoisotopic (exact) mass is 213 g/mol. The van der Waals surface area contributed by atoms with Crippen LogP contribution in [-0.4, -0.2) is 43.7 Å². The third-order valence-corrected chi connectivity index (χ3v) is 2.70. The number of hydrogen-bond donors (Lipinski definition) is 2. The fourth-order valence-electron chi connectivity index (χ4n) is 1.81. The van der Waals surface area contributed by atoms with Gasteiger partial charge in [0.05, 0.1) is 0 Å². The van der Waals surface area contributed by atoms with Crippen molar-refractivity contribution in [3.8, 4) is 0 Å². The summed E-state index contributed by atoms with van der Waals surface area (Å²) in [6.07, 6.45) is 4.96. The normalized spacial score (nSPS) is 17.4. The van der Waals surface area contributed by atoms with E-state index in [1.54, 1.807) is 0 Å². The van der Waals surface area contributed by atoms with Gasteiger partial charge in [0.15, 0.2) is 0 Å². The third-order valence-electron chi connectivity index (χ3n) is 2.70. The van der Waals surface area contributed by atoms with E-state index < -0.39 is 0 Å². The Morgan fingerprint density at radius 1 is 1.13 bits per heavy atom. The molecule has 1 saturated heterocycles. The molecule has 0 aromatic rings. The highest BCUT2D eigenvalue weighted by molar-refractivity contribution is 5.73. The molecule has 0 saturated carbocycles. The summed E-state index contributed by atoms with van der Waals surface area (Å²) in [5.74, 6) is 0. The van der Waals surface area contributed by atoms with Crippen molar-refractivity contribution in [3.63, 3.8) is 0 Å². The number of nitrogens with one attached hydrogen (secondary N) is 2. The smallest absolute Gasteiger partial charge is 0.314 e. The van der Waals surface area contributed by atoms with E-state index in [4.69, 9.17) is 0 Å². The molecule has 0 atom stereocenters. The highest BCUT2D eigenvalue weighted by atomic mass is 16.2. The first-order valence-electron chi connectivity index (χ1n) is 6.07. The molecule has 0 aromatic carbocycles. The van der Waals surface area contributed by atoms with Gasteiger partial charge >= 0.3 is 6.03 Å². The van der Waals surface area contributed by atoms with Gasteiger partial charge in [-0.15, -0.1) is 0 Å². The van der Waals surface area contributed by atoms with Crippen LogP contribution in [-0.2, 0) is 0 Å². The molecular weight excluding hydrogens is 190 g/mol. The molecule has 1 fully saturated rings. The van der Waals surface area contributed by atoms with Crippen LogP contribution in [0, 0.1) is 0 Å². The molecule has 1 aliphatic heterocycles. The molecule has 0 unspecified atom stereocenters. The minimum atomic E-state index is -0.0335. The first-order chi connectivity index (χ1) is 7.33. The van der Waals surface area contributed by atoms with Crippen LogP contribution in [0.15, 0.2) is 0 Å². The molecule has 0 bridgehead atoms. The Balaban J connectivity index is 1.97. The van der Waals surface area contributed by atoms with Gasteiger partial charge in [0, 0.05) is 19.6 Å². The van der Waals surface area contributed by atoms with Gasteiger partial charge in [-0.3, -0.25) is 0 Å². The van der Waals surface area contributed by atoms with Gasteiger partial charge < -0.3 is 15.5 Å². The maximum atomic E-state index is 11.2. The second kappa shape index (κ2) is 7.51. The second-order valence-electron chi connectivity index (χ2n) is 4.08. The van der Waals surface area contributed by atoms with Crippen molar-refractivity contribution in [2.45, 2.75) is 32.6 Å². The first-order valence-corrected chi connectivity index (χ1v) is 6.07. The highest BCUT2D eigenvalue weighted by Gasteiger charge is 2.09. The van der Waals surface area contributed by atoms with E-state index in [0.717, 1.165) is 26.1 Å². The quantitative estimate of drug-likeness (QED) is 0.720. The van der Waals surface area contributed by atoms with Crippen molar-refractivity contribution in [1.29, 1.82) is 0 Å². The molecule has 1 aliphatic rings. The third kappa shape index (κ3) is 5.62. The fourth-order valence-corrected chi connectivity index (χ4v) is 1.81. The lowest BCUT2D eigenvalue weighted by molar-refractivity contribution is 0.220. The van der Waals surface area contributed by atoms with Gasteiger partial charge in [-0.2, -0.15) is 0 Å². The molecule has 0 aromatic heterocycles. The predicted molar refractivity (Wildman–Crippen MR) is 62.0 cm³/mol. The van der Waals surface area contributed by atoms with Gasteiger partial charge in [-0.05, 0) is 32.4 Å². The zero-order valence-electron chi connectivity index (χ0n) is 9.72. The molecule has 15 heavy (non-hydrogen) atoms. The summed E-state index contributed by atoms with van der Waals surface area (Å²) >= 11 is 0. The summed E-state index contributed by atoms with van der Waals surface area (Å²) in [6, 6.07) is -0.0335. The Bertz CT molecular complexity index is 179. The lowest BCUT2D eigenvalue weighted by Crippen LogP contribution is -2.41. The summed E-state index contributed by atoms with van der Waals surface area (Å²) < 4.78 is 0. The standard InChI is InChI=1S/C11H23N3O/c1-2-6-12-11(15)13-7-10-14-8-4-3-5-9-14/h2-10H2,1H3,(H2,12,13,15). The molecular formula is C11H23N3O. The maximum Gasteiger partial charge on any atom is 0.314 e. The fraction of sp³-hybridized carbons (Fsp3) is 0.909. The molecule has 4 heteroatoms. The van der Waals surface area contributed by atoms with Crippen molar-refractivity contribution in [3.05, 3.63) is 0 Å². The van der Waals surface area contributed by atoms with Crippen molar-refractivity contribution in [1.82, 2.24) is 15.5 Å². The molecule has 1 heterocycles. The van der Waals surface area contributed by atoms with Gasteiger partial charge in [0.25, 0.3) is 0 Å². The lowest BCUT2D eigenvalue weighted by Gasteiger charge is -2.26. The van der Waals surface area contributed by atoms with Gasteiger partial charge in [0.1, 0.15) is 0 Å². The van der Waals surface area contributed by atoms with Crippen LogP contribution in [0.2, 0.25) is 0 Å². The summed E-state index contributed by atoms with van der Waals surface area (Å²) in [6.45, 7) is 6.94. The van der Waals surface area contributed by atoms with Crippen molar-refractivity contribution < 1.29 is 4.79 Å². The number of urea groups is 1. The Morgan fingerprint density at radius 3 is 2.47 bits per heavy atom. The molecule has 0 radical (unpaired) electrons. The minimum Gasteiger partial charge on any atom is -0.338 e. The van der Waals surface area contributed by atoms with Gasteiger partial charge in [-0.25, -0.2) is 4.79 Å². The number of carbonyl (C=O) groups is 1. The molecule has 2 amide bonds. The lowest BCUT2D eigenvalue weighted by atomic mass is 10.1. The topological polar surface area (TPSA) is 44.4 Å². The maximum absolute atomic E-state index is 11.2. The average molecular weight is 213 g/mol. The van der Waals surface area contributed by atoms with E-state index in [9.17, 15) is 4.79 Å². The van der Waals surface area contributed by atoms with Crippen molar-refractivity contribution >= 4 is 6.03 Å².